The summed E-state index contributed by atoms with van der Waals surface area (Å²) in [5.41, 5.74) is 0. The Labute approximate surface area is 83.9 Å². The molecule has 1 N–H and O–H groups in total. The highest BCUT2D eigenvalue weighted by molar-refractivity contribution is 5.84. The van der Waals surface area contributed by atoms with Gasteiger partial charge in [0, 0.05) is 12.5 Å². The molecule has 1 heterocycles. The third-order valence-corrected chi connectivity index (χ3v) is 2.85. The maximum absolute atomic E-state index is 11.6. The first-order chi connectivity index (χ1) is 6.61. The number of aliphatic carboxylic acids is 1. The molecule has 0 aromatic carbocycles. The van der Waals surface area contributed by atoms with Crippen LogP contribution >= 0.6 is 0 Å². The normalized spacial score (nSPS) is 26.6. The third kappa shape index (κ3) is 1.89. The lowest BCUT2D eigenvalue weighted by molar-refractivity contribution is -0.149. The number of carboxylic acids is 1. The zero-order valence-corrected chi connectivity index (χ0v) is 8.69. The molecule has 80 valence electrons. The van der Waals surface area contributed by atoms with E-state index in [1.165, 1.54) is 0 Å². The number of hydrogen-bond acceptors (Lipinski definition) is 2. The van der Waals surface area contributed by atoms with Crippen LogP contribution in [0.4, 0.5) is 0 Å². The number of likely N-dealkylation sites (tertiary alicyclic amines) is 1. The Kier molecular flexibility index (Phi) is 3.49. The molecule has 1 rings (SSSR count). The summed E-state index contributed by atoms with van der Waals surface area (Å²) < 4.78 is 0. The van der Waals surface area contributed by atoms with Gasteiger partial charge in [-0.05, 0) is 19.3 Å². The van der Waals surface area contributed by atoms with E-state index in [9.17, 15) is 9.59 Å². The van der Waals surface area contributed by atoms with E-state index in [-0.39, 0.29) is 11.9 Å². The van der Waals surface area contributed by atoms with Crippen LogP contribution < -0.4 is 0 Å². The Hall–Kier alpha value is -1.06. The van der Waals surface area contributed by atoms with Crippen LogP contribution in [0.1, 0.15) is 39.5 Å². The third-order valence-electron chi connectivity index (χ3n) is 2.85. The summed E-state index contributed by atoms with van der Waals surface area (Å²) in [4.78, 5) is 24.0. The van der Waals surface area contributed by atoms with Crippen molar-refractivity contribution in [2.24, 2.45) is 0 Å². The summed E-state index contributed by atoms with van der Waals surface area (Å²) in [7, 11) is 0. The Bertz CT molecular complexity index is 240. The summed E-state index contributed by atoms with van der Waals surface area (Å²) in [6, 6.07) is -0.462. The van der Waals surface area contributed by atoms with Crippen LogP contribution in [0, 0.1) is 0 Å². The highest BCUT2D eigenvalue weighted by Gasteiger charge is 2.39. The lowest BCUT2D eigenvalue weighted by atomic mass is 10.1. The monoisotopic (exact) mass is 199 g/mol. The number of carbonyl (C=O) groups is 2. The van der Waals surface area contributed by atoms with E-state index in [2.05, 4.69) is 0 Å². The molecular formula is C10H17NO3. The van der Waals surface area contributed by atoms with E-state index in [0.717, 1.165) is 12.8 Å². The average molecular weight is 199 g/mol. The van der Waals surface area contributed by atoms with Crippen LogP contribution in [0.25, 0.3) is 0 Å². The van der Waals surface area contributed by atoms with Crippen LogP contribution in [0.5, 0.6) is 0 Å². The van der Waals surface area contributed by atoms with Gasteiger partial charge in [0.05, 0.1) is 0 Å². The molecule has 1 aliphatic heterocycles. The van der Waals surface area contributed by atoms with Crippen molar-refractivity contribution in [3.63, 3.8) is 0 Å². The van der Waals surface area contributed by atoms with Crippen molar-refractivity contribution in [2.75, 3.05) is 0 Å². The minimum Gasteiger partial charge on any atom is -0.480 e. The number of nitrogens with zero attached hydrogens (tertiary/aromatic N) is 1. The van der Waals surface area contributed by atoms with E-state index < -0.39 is 12.0 Å². The van der Waals surface area contributed by atoms with Crippen molar-refractivity contribution in [2.45, 2.75) is 51.6 Å². The molecule has 0 aliphatic carbocycles. The van der Waals surface area contributed by atoms with Crippen molar-refractivity contribution in [1.82, 2.24) is 4.90 Å². The van der Waals surface area contributed by atoms with Crippen molar-refractivity contribution in [1.29, 1.82) is 0 Å². The predicted molar refractivity (Wildman–Crippen MR) is 51.9 cm³/mol. The Morgan fingerprint density at radius 3 is 2.43 bits per heavy atom. The van der Waals surface area contributed by atoms with Crippen molar-refractivity contribution >= 4 is 11.9 Å². The molecule has 4 heteroatoms. The fourth-order valence-corrected chi connectivity index (χ4v) is 2.09. The molecule has 0 aromatic heterocycles. The Morgan fingerprint density at radius 2 is 2.00 bits per heavy atom. The molecule has 1 fully saturated rings. The largest absolute Gasteiger partial charge is 0.480 e. The van der Waals surface area contributed by atoms with Gasteiger partial charge in [-0.1, -0.05) is 13.8 Å². The first-order valence-electron chi connectivity index (χ1n) is 5.15. The summed E-state index contributed by atoms with van der Waals surface area (Å²) in [6.07, 6.45) is 2.65. The number of rotatable bonds is 3. The summed E-state index contributed by atoms with van der Waals surface area (Å²) in [5, 5.41) is 8.95. The molecule has 2 unspecified atom stereocenters. The van der Waals surface area contributed by atoms with Gasteiger partial charge >= 0.3 is 5.97 Å². The molecule has 4 nitrogen and oxygen atoms in total. The van der Waals surface area contributed by atoms with Gasteiger partial charge in [-0.15, -0.1) is 0 Å². The van der Waals surface area contributed by atoms with Crippen LogP contribution in [-0.2, 0) is 9.59 Å². The molecule has 0 bridgehead atoms. The molecule has 1 saturated heterocycles. The number of amides is 1. The number of carbonyl (C=O) groups excluding carboxylic acids is 1. The highest BCUT2D eigenvalue weighted by atomic mass is 16.4. The van der Waals surface area contributed by atoms with E-state index >= 15 is 0 Å². The molecular weight excluding hydrogens is 182 g/mol. The van der Waals surface area contributed by atoms with Gasteiger partial charge in [-0.3, -0.25) is 4.79 Å². The van der Waals surface area contributed by atoms with E-state index in [1.807, 2.05) is 6.92 Å². The summed E-state index contributed by atoms with van der Waals surface area (Å²) in [5.74, 6) is -0.912. The van der Waals surface area contributed by atoms with Crippen molar-refractivity contribution in [3.05, 3.63) is 0 Å². The minimum absolute atomic E-state index is 0.0400. The average Bonchev–Trinajstić information content (AvgIpc) is 2.59. The predicted octanol–water partition coefficient (Wildman–Crippen LogP) is 1.25. The molecule has 1 aliphatic rings. The van der Waals surface area contributed by atoms with E-state index in [4.69, 9.17) is 5.11 Å². The van der Waals surface area contributed by atoms with E-state index in [1.54, 1.807) is 11.8 Å². The van der Waals surface area contributed by atoms with Gasteiger partial charge in [0.25, 0.3) is 0 Å². The first kappa shape index (κ1) is 11.0. The number of hydrogen-bond donors (Lipinski definition) is 1. The van der Waals surface area contributed by atoms with Crippen LogP contribution in [0.2, 0.25) is 0 Å². The molecule has 0 spiro atoms. The zero-order valence-electron chi connectivity index (χ0n) is 8.69. The van der Waals surface area contributed by atoms with Gasteiger partial charge in [0.2, 0.25) is 5.91 Å². The van der Waals surface area contributed by atoms with Gasteiger partial charge in [0.1, 0.15) is 6.04 Å². The molecule has 0 radical (unpaired) electrons. The second kappa shape index (κ2) is 4.44. The molecule has 0 saturated carbocycles. The summed E-state index contributed by atoms with van der Waals surface area (Å²) in [6.45, 7) is 3.76. The lowest BCUT2D eigenvalue weighted by Gasteiger charge is -2.27. The Balaban J connectivity index is 2.80. The second-order valence-corrected chi connectivity index (χ2v) is 3.65. The molecule has 14 heavy (non-hydrogen) atoms. The van der Waals surface area contributed by atoms with Crippen molar-refractivity contribution in [3.8, 4) is 0 Å². The highest BCUT2D eigenvalue weighted by Crippen LogP contribution is 2.27. The van der Waals surface area contributed by atoms with E-state index in [0.29, 0.717) is 12.8 Å². The van der Waals surface area contributed by atoms with Crippen LogP contribution in [-0.4, -0.2) is 34.0 Å². The topological polar surface area (TPSA) is 57.6 Å². The fourth-order valence-electron chi connectivity index (χ4n) is 2.09. The smallest absolute Gasteiger partial charge is 0.326 e. The lowest BCUT2D eigenvalue weighted by Crippen LogP contribution is -2.44. The van der Waals surface area contributed by atoms with Crippen LogP contribution in [0.15, 0.2) is 0 Å². The maximum Gasteiger partial charge on any atom is 0.326 e. The van der Waals surface area contributed by atoms with Crippen LogP contribution in [0.3, 0.4) is 0 Å². The summed E-state index contributed by atoms with van der Waals surface area (Å²) >= 11 is 0. The SMILES string of the molecule is CCC(=O)N1C(CC)CCC1C(=O)O. The minimum atomic E-state index is -0.872. The molecule has 0 aromatic rings. The number of carboxylic acid groups (broad SMARTS) is 1. The fraction of sp³-hybridized carbons (Fsp3) is 0.800. The second-order valence-electron chi connectivity index (χ2n) is 3.65. The van der Waals surface area contributed by atoms with Gasteiger partial charge in [-0.2, -0.15) is 0 Å². The quantitative estimate of drug-likeness (QED) is 0.744. The zero-order chi connectivity index (χ0) is 10.7. The molecule has 1 amide bonds. The maximum atomic E-state index is 11.6. The molecule has 2 atom stereocenters. The standard InChI is InChI=1S/C10H17NO3/c1-3-7-5-6-8(10(13)14)11(7)9(12)4-2/h7-8H,3-6H2,1-2H3,(H,13,14). The van der Waals surface area contributed by atoms with Gasteiger partial charge in [-0.25, -0.2) is 4.79 Å². The first-order valence-corrected chi connectivity index (χ1v) is 5.15. The van der Waals surface area contributed by atoms with Crippen molar-refractivity contribution < 1.29 is 14.7 Å². The van der Waals surface area contributed by atoms with Gasteiger partial charge < -0.3 is 10.0 Å². The Morgan fingerprint density at radius 1 is 1.36 bits per heavy atom. The van der Waals surface area contributed by atoms with Gasteiger partial charge in [0.15, 0.2) is 0 Å².